The Balaban J connectivity index is 1.93. The molecule has 20 heavy (non-hydrogen) atoms. The molecule has 1 aromatic heterocycles. The van der Waals surface area contributed by atoms with E-state index in [1.807, 2.05) is 18.7 Å². The van der Waals surface area contributed by atoms with Gasteiger partial charge in [0.1, 0.15) is 5.76 Å². The molecule has 0 bridgehead atoms. The molecular weight excluding hydrogens is 254 g/mol. The predicted molar refractivity (Wildman–Crippen MR) is 77.6 cm³/mol. The molecule has 0 spiro atoms. The molecule has 0 radical (unpaired) electrons. The summed E-state index contributed by atoms with van der Waals surface area (Å²) in [6, 6.07) is 0. The van der Waals surface area contributed by atoms with Crippen LogP contribution >= 0.6 is 0 Å². The van der Waals surface area contributed by atoms with Crippen molar-refractivity contribution < 1.29 is 9.32 Å². The van der Waals surface area contributed by atoms with Gasteiger partial charge in [-0.3, -0.25) is 9.69 Å². The van der Waals surface area contributed by atoms with Crippen LogP contribution < -0.4 is 0 Å². The summed E-state index contributed by atoms with van der Waals surface area (Å²) >= 11 is 0. The van der Waals surface area contributed by atoms with Gasteiger partial charge in [0.2, 0.25) is 5.91 Å². The van der Waals surface area contributed by atoms with Crippen molar-refractivity contribution in [2.24, 2.45) is 0 Å². The normalized spacial score (nSPS) is 17.6. The fourth-order valence-corrected chi connectivity index (χ4v) is 2.64. The zero-order valence-electron chi connectivity index (χ0n) is 13.2. The molecule has 1 fully saturated rings. The maximum atomic E-state index is 12.4. The summed E-state index contributed by atoms with van der Waals surface area (Å²) in [6.45, 7) is 13.9. The van der Waals surface area contributed by atoms with Crippen molar-refractivity contribution in [2.45, 2.75) is 46.6 Å². The molecule has 5 nitrogen and oxygen atoms in total. The van der Waals surface area contributed by atoms with E-state index in [0.717, 1.165) is 43.2 Å². The highest BCUT2D eigenvalue weighted by Gasteiger charge is 2.28. The van der Waals surface area contributed by atoms with Crippen LogP contribution in [0.2, 0.25) is 0 Å². The van der Waals surface area contributed by atoms with Gasteiger partial charge in [0, 0.05) is 37.3 Å². The number of nitrogens with zero attached hydrogens (tertiary/aromatic N) is 3. The van der Waals surface area contributed by atoms with Gasteiger partial charge in [0.25, 0.3) is 0 Å². The van der Waals surface area contributed by atoms with E-state index in [4.69, 9.17) is 4.52 Å². The van der Waals surface area contributed by atoms with E-state index in [2.05, 4.69) is 30.8 Å². The predicted octanol–water partition coefficient (Wildman–Crippen LogP) is 1.78. The zero-order chi connectivity index (χ0) is 14.9. The van der Waals surface area contributed by atoms with Crippen molar-refractivity contribution in [3.8, 4) is 0 Å². The molecule has 0 unspecified atom stereocenters. The van der Waals surface area contributed by atoms with Crippen molar-refractivity contribution in [3.05, 3.63) is 17.0 Å². The van der Waals surface area contributed by atoms with Crippen LogP contribution in [0.4, 0.5) is 0 Å². The summed E-state index contributed by atoms with van der Waals surface area (Å²) in [4.78, 5) is 16.7. The molecule has 1 saturated heterocycles. The third-order valence-electron chi connectivity index (χ3n) is 4.09. The van der Waals surface area contributed by atoms with Gasteiger partial charge in [-0.25, -0.2) is 0 Å². The van der Waals surface area contributed by atoms with Gasteiger partial charge in [-0.15, -0.1) is 0 Å². The van der Waals surface area contributed by atoms with Gasteiger partial charge in [0.05, 0.1) is 12.1 Å². The zero-order valence-corrected chi connectivity index (χ0v) is 13.2. The summed E-state index contributed by atoms with van der Waals surface area (Å²) in [7, 11) is 0. The molecule has 1 amide bonds. The number of amides is 1. The first-order chi connectivity index (χ1) is 9.29. The van der Waals surface area contributed by atoms with E-state index < -0.39 is 0 Å². The van der Waals surface area contributed by atoms with E-state index in [-0.39, 0.29) is 11.4 Å². The van der Waals surface area contributed by atoms with Crippen molar-refractivity contribution in [3.63, 3.8) is 0 Å². The quantitative estimate of drug-likeness (QED) is 0.828. The highest BCUT2D eigenvalue weighted by Crippen LogP contribution is 2.18. The standard InChI is InChI=1S/C15H25N3O2/c1-11-13(12(2)20-16-11)10-14(19)17-6-8-18(9-7-17)15(3,4)5/h6-10H2,1-5H3. The Kier molecular flexibility index (Phi) is 4.18. The number of carbonyl (C=O) groups excluding carboxylic acids is 1. The Bertz CT molecular complexity index is 460. The van der Waals surface area contributed by atoms with E-state index in [1.54, 1.807) is 0 Å². The van der Waals surface area contributed by atoms with Gasteiger partial charge in [-0.2, -0.15) is 0 Å². The summed E-state index contributed by atoms with van der Waals surface area (Å²) in [5, 5.41) is 3.90. The molecule has 0 atom stereocenters. The molecular formula is C15H25N3O2. The summed E-state index contributed by atoms with van der Waals surface area (Å²) in [5.41, 5.74) is 1.94. The van der Waals surface area contributed by atoms with Crippen LogP contribution in [0.3, 0.4) is 0 Å². The molecule has 0 aromatic carbocycles. The van der Waals surface area contributed by atoms with Crippen molar-refractivity contribution in [1.29, 1.82) is 0 Å². The van der Waals surface area contributed by atoms with E-state index in [1.165, 1.54) is 0 Å². The molecule has 1 aliphatic heterocycles. The second-order valence-electron chi connectivity index (χ2n) is 6.52. The summed E-state index contributed by atoms with van der Waals surface area (Å²) in [5.74, 6) is 0.928. The first kappa shape index (κ1) is 15.0. The molecule has 1 aromatic rings. The van der Waals surface area contributed by atoms with Gasteiger partial charge in [0.15, 0.2) is 0 Å². The Hall–Kier alpha value is -1.36. The van der Waals surface area contributed by atoms with Crippen molar-refractivity contribution >= 4 is 5.91 Å². The monoisotopic (exact) mass is 279 g/mol. The first-order valence-corrected chi connectivity index (χ1v) is 7.23. The molecule has 0 saturated carbocycles. The van der Waals surface area contributed by atoms with Crippen LogP contribution in [0.5, 0.6) is 0 Å². The van der Waals surface area contributed by atoms with Gasteiger partial charge in [-0.1, -0.05) is 5.16 Å². The van der Waals surface area contributed by atoms with Crippen LogP contribution in [0.15, 0.2) is 4.52 Å². The van der Waals surface area contributed by atoms with E-state index in [0.29, 0.717) is 6.42 Å². The Morgan fingerprint density at radius 3 is 2.25 bits per heavy atom. The Morgan fingerprint density at radius 2 is 1.80 bits per heavy atom. The van der Waals surface area contributed by atoms with Crippen LogP contribution in [0, 0.1) is 13.8 Å². The lowest BCUT2D eigenvalue weighted by Crippen LogP contribution is -2.54. The molecule has 5 heteroatoms. The maximum Gasteiger partial charge on any atom is 0.227 e. The van der Waals surface area contributed by atoms with Crippen molar-refractivity contribution in [1.82, 2.24) is 15.0 Å². The van der Waals surface area contributed by atoms with Gasteiger partial charge in [-0.05, 0) is 34.6 Å². The van der Waals surface area contributed by atoms with E-state index >= 15 is 0 Å². The molecule has 112 valence electrons. The molecule has 2 heterocycles. The SMILES string of the molecule is Cc1noc(C)c1CC(=O)N1CCN(C(C)(C)C)CC1. The third-order valence-corrected chi connectivity index (χ3v) is 4.09. The Labute approximate surface area is 120 Å². The van der Waals surface area contributed by atoms with Crippen LogP contribution in [-0.4, -0.2) is 52.6 Å². The lowest BCUT2D eigenvalue weighted by Gasteiger charge is -2.42. The van der Waals surface area contributed by atoms with Crippen LogP contribution in [-0.2, 0) is 11.2 Å². The minimum absolute atomic E-state index is 0.174. The molecule has 1 aliphatic rings. The smallest absolute Gasteiger partial charge is 0.227 e. The molecule has 2 rings (SSSR count). The first-order valence-electron chi connectivity index (χ1n) is 7.23. The number of carbonyl (C=O) groups is 1. The van der Waals surface area contributed by atoms with Crippen LogP contribution in [0.25, 0.3) is 0 Å². The minimum atomic E-state index is 0.174. The fourth-order valence-electron chi connectivity index (χ4n) is 2.64. The number of piperazine rings is 1. The largest absolute Gasteiger partial charge is 0.361 e. The van der Waals surface area contributed by atoms with Gasteiger partial charge < -0.3 is 9.42 Å². The van der Waals surface area contributed by atoms with E-state index in [9.17, 15) is 4.79 Å². The number of aromatic nitrogens is 1. The molecule has 0 N–H and O–H groups in total. The number of rotatable bonds is 2. The Morgan fingerprint density at radius 1 is 1.20 bits per heavy atom. The number of hydrogen-bond acceptors (Lipinski definition) is 4. The number of hydrogen-bond donors (Lipinski definition) is 0. The topological polar surface area (TPSA) is 49.6 Å². The molecule has 0 aliphatic carbocycles. The summed E-state index contributed by atoms with van der Waals surface area (Å²) < 4.78 is 5.12. The average Bonchev–Trinajstić information content (AvgIpc) is 2.69. The maximum absolute atomic E-state index is 12.4. The lowest BCUT2D eigenvalue weighted by atomic mass is 10.0. The fraction of sp³-hybridized carbons (Fsp3) is 0.733. The van der Waals surface area contributed by atoms with Crippen molar-refractivity contribution in [2.75, 3.05) is 26.2 Å². The third kappa shape index (κ3) is 3.20. The number of aryl methyl sites for hydroxylation is 2. The summed E-state index contributed by atoms with van der Waals surface area (Å²) in [6.07, 6.45) is 0.399. The average molecular weight is 279 g/mol. The lowest BCUT2D eigenvalue weighted by molar-refractivity contribution is -0.133. The second kappa shape index (κ2) is 5.56. The van der Waals surface area contributed by atoms with Gasteiger partial charge >= 0.3 is 0 Å². The second-order valence-corrected chi connectivity index (χ2v) is 6.52. The highest BCUT2D eigenvalue weighted by atomic mass is 16.5. The highest BCUT2D eigenvalue weighted by molar-refractivity contribution is 5.79. The minimum Gasteiger partial charge on any atom is -0.361 e. The van der Waals surface area contributed by atoms with Crippen LogP contribution in [0.1, 0.15) is 37.8 Å².